The first-order valence-electron chi connectivity index (χ1n) is 6.62. The van der Waals surface area contributed by atoms with Crippen LogP contribution in [0, 0.1) is 17.4 Å². The van der Waals surface area contributed by atoms with E-state index < -0.39 is 29.7 Å². The second-order valence-electron chi connectivity index (χ2n) is 5.83. The minimum absolute atomic E-state index is 0.0755. The highest BCUT2D eigenvalue weighted by molar-refractivity contribution is 5.81. The predicted molar refractivity (Wildman–Crippen MR) is 68.4 cm³/mol. The van der Waals surface area contributed by atoms with E-state index in [1.54, 1.807) is 0 Å². The maximum absolute atomic E-state index is 13.4. The lowest BCUT2D eigenvalue weighted by Crippen LogP contribution is -2.35. The molecule has 2 aromatic heterocycles. The first kappa shape index (κ1) is 12.9. The highest BCUT2D eigenvalue weighted by atomic mass is 19.1. The molecule has 21 heavy (non-hydrogen) atoms. The maximum Gasteiger partial charge on any atom is 0.312 e. The highest BCUT2D eigenvalue weighted by Gasteiger charge is 2.71. The normalized spacial score (nSPS) is 37.9. The molecule has 0 saturated heterocycles. The number of nitrogens with zero attached hydrogens (tertiary/aromatic N) is 4. The van der Waals surface area contributed by atoms with Gasteiger partial charge in [0, 0.05) is 5.41 Å². The van der Waals surface area contributed by atoms with Crippen LogP contribution in [-0.2, 0) is 0 Å². The molecule has 0 aliphatic heterocycles. The van der Waals surface area contributed by atoms with E-state index in [2.05, 4.69) is 15.0 Å². The number of nitrogens with two attached hydrogens (primary N) is 1. The quantitative estimate of drug-likeness (QED) is 0.513. The van der Waals surface area contributed by atoms with Crippen LogP contribution in [0.4, 0.5) is 10.2 Å². The molecule has 2 saturated carbocycles. The van der Waals surface area contributed by atoms with Crippen LogP contribution in [0.1, 0.15) is 12.5 Å². The average molecular weight is 295 g/mol. The van der Waals surface area contributed by atoms with Crippen molar-refractivity contribution < 1.29 is 19.7 Å². The molecule has 9 heteroatoms. The summed E-state index contributed by atoms with van der Waals surface area (Å²) in [4.78, 5) is 11.2. The fourth-order valence-electron chi connectivity index (χ4n) is 3.68. The Morgan fingerprint density at radius 1 is 1.43 bits per heavy atom. The highest BCUT2D eigenvalue weighted by Crippen LogP contribution is 2.67. The Bertz CT molecular complexity index is 737. The molecule has 2 unspecified atom stereocenters. The zero-order valence-corrected chi connectivity index (χ0v) is 10.9. The van der Waals surface area contributed by atoms with Crippen LogP contribution in [0.25, 0.3) is 11.2 Å². The summed E-state index contributed by atoms with van der Waals surface area (Å²) < 4.78 is 14.9. The van der Waals surface area contributed by atoms with E-state index >= 15 is 0 Å². The zero-order chi connectivity index (χ0) is 14.9. The third-order valence-corrected chi connectivity index (χ3v) is 4.89. The second kappa shape index (κ2) is 3.87. The number of aromatic nitrogens is 4. The summed E-state index contributed by atoms with van der Waals surface area (Å²) in [5.74, 6) is -0.183. The summed E-state index contributed by atoms with van der Waals surface area (Å²) in [7, 11) is 0. The number of aliphatic hydroxyl groups is 3. The van der Waals surface area contributed by atoms with Crippen LogP contribution in [0.15, 0.2) is 6.33 Å². The number of rotatable bonds is 2. The molecule has 5 N–H and O–H groups in total. The van der Waals surface area contributed by atoms with Gasteiger partial charge in [0.25, 0.3) is 0 Å². The second-order valence-corrected chi connectivity index (χ2v) is 5.83. The Morgan fingerprint density at radius 2 is 2.19 bits per heavy atom. The molecule has 0 amide bonds. The van der Waals surface area contributed by atoms with Gasteiger partial charge in [0.15, 0.2) is 11.5 Å². The Morgan fingerprint density at radius 3 is 2.86 bits per heavy atom. The average Bonchev–Trinajstić information content (AvgIpc) is 2.97. The molecule has 0 radical (unpaired) electrons. The third-order valence-electron chi connectivity index (χ3n) is 4.89. The van der Waals surface area contributed by atoms with Crippen molar-refractivity contribution >= 4 is 17.0 Å². The van der Waals surface area contributed by atoms with Crippen LogP contribution in [0.5, 0.6) is 0 Å². The van der Waals surface area contributed by atoms with Gasteiger partial charge in [-0.25, -0.2) is 4.98 Å². The number of aliphatic hydroxyl groups excluding tert-OH is 3. The lowest BCUT2D eigenvalue weighted by atomic mass is 10.0. The number of halogens is 1. The van der Waals surface area contributed by atoms with Crippen molar-refractivity contribution in [3.63, 3.8) is 0 Å². The van der Waals surface area contributed by atoms with E-state index in [0.717, 1.165) is 0 Å². The molecule has 0 spiro atoms. The van der Waals surface area contributed by atoms with Crippen molar-refractivity contribution in [2.75, 3.05) is 12.3 Å². The maximum atomic E-state index is 13.4. The number of fused-ring (bicyclic) bond motifs is 2. The van der Waals surface area contributed by atoms with Gasteiger partial charge in [0.1, 0.15) is 11.6 Å². The minimum Gasteiger partial charge on any atom is -0.396 e. The van der Waals surface area contributed by atoms with Crippen LogP contribution >= 0.6 is 0 Å². The fraction of sp³-hybridized carbons (Fsp3) is 0.583. The molecule has 5 atom stereocenters. The van der Waals surface area contributed by atoms with E-state index in [1.807, 2.05) is 0 Å². The van der Waals surface area contributed by atoms with Crippen molar-refractivity contribution in [3.8, 4) is 0 Å². The molecular weight excluding hydrogens is 281 g/mol. The van der Waals surface area contributed by atoms with E-state index in [9.17, 15) is 19.7 Å². The standard InChI is InChI=1S/C12H14FN5O3/c13-11-16-9(14)5-10(17-11)18(3-15-5)6-4-1-12(4,2-19)8(21)7(6)20/h3-4,6-8,19-21H,1-2H2,(H2,14,16,17)/t4-,6-,7?,8?,12+/m1/s1. The van der Waals surface area contributed by atoms with Gasteiger partial charge < -0.3 is 25.6 Å². The Hall–Kier alpha value is -1.84. The van der Waals surface area contributed by atoms with Gasteiger partial charge in [-0.15, -0.1) is 0 Å². The number of hydrogen-bond acceptors (Lipinski definition) is 7. The SMILES string of the molecule is Nc1nc(F)nc2c1ncn2[C@H]1C(O)C(O)[C@]2(CO)C[C@H]12. The minimum atomic E-state index is -1.08. The molecule has 4 rings (SSSR count). The number of anilines is 1. The Balaban J connectivity index is 1.85. The molecule has 8 nitrogen and oxygen atoms in total. The Labute approximate surface area is 118 Å². The van der Waals surface area contributed by atoms with Crippen molar-refractivity contribution in [3.05, 3.63) is 12.4 Å². The number of imidazole rings is 1. The molecule has 2 fully saturated rings. The van der Waals surface area contributed by atoms with Crippen molar-refractivity contribution in [2.45, 2.75) is 24.7 Å². The zero-order valence-electron chi connectivity index (χ0n) is 10.9. The van der Waals surface area contributed by atoms with Gasteiger partial charge in [-0.3, -0.25) is 0 Å². The van der Waals surface area contributed by atoms with Crippen LogP contribution in [0.3, 0.4) is 0 Å². The fourth-order valence-corrected chi connectivity index (χ4v) is 3.68. The monoisotopic (exact) mass is 295 g/mol. The van der Waals surface area contributed by atoms with Crippen molar-refractivity contribution in [1.82, 2.24) is 19.5 Å². The Kier molecular flexibility index (Phi) is 2.37. The summed E-state index contributed by atoms with van der Waals surface area (Å²) in [6.45, 7) is -0.204. The molecular formula is C12H14FN5O3. The van der Waals surface area contributed by atoms with Crippen molar-refractivity contribution in [1.29, 1.82) is 0 Å². The molecule has 2 aliphatic carbocycles. The van der Waals surface area contributed by atoms with Crippen LogP contribution < -0.4 is 5.73 Å². The molecule has 0 bridgehead atoms. The summed E-state index contributed by atoms with van der Waals surface area (Å²) in [6.07, 6.45) is -1.08. The van der Waals surface area contributed by atoms with Crippen LogP contribution in [-0.4, -0.2) is 53.7 Å². The first-order valence-corrected chi connectivity index (χ1v) is 6.62. The van der Waals surface area contributed by atoms with Gasteiger partial charge in [0.05, 0.1) is 25.1 Å². The predicted octanol–water partition coefficient (Wildman–Crippen LogP) is -1.18. The van der Waals surface area contributed by atoms with E-state index in [1.165, 1.54) is 10.9 Å². The van der Waals surface area contributed by atoms with Crippen molar-refractivity contribution in [2.24, 2.45) is 11.3 Å². The van der Waals surface area contributed by atoms with E-state index in [0.29, 0.717) is 6.42 Å². The first-order chi connectivity index (χ1) is 9.99. The smallest absolute Gasteiger partial charge is 0.312 e. The summed E-state index contributed by atoms with van der Waals surface area (Å²) in [5.41, 5.74) is 5.35. The summed E-state index contributed by atoms with van der Waals surface area (Å²) in [5, 5.41) is 29.9. The van der Waals surface area contributed by atoms with Gasteiger partial charge in [-0.2, -0.15) is 14.4 Å². The lowest BCUT2D eigenvalue weighted by molar-refractivity contribution is -0.0300. The van der Waals surface area contributed by atoms with Crippen LogP contribution in [0.2, 0.25) is 0 Å². The van der Waals surface area contributed by atoms with Gasteiger partial charge in [0.2, 0.25) is 0 Å². The van der Waals surface area contributed by atoms with Gasteiger partial charge >= 0.3 is 6.08 Å². The topological polar surface area (TPSA) is 130 Å². The lowest BCUT2D eigenvalue weighted by Gasteiger charge is -2.23. The molecule has 112 valence electrons. The van der Waals surface area contributed by atoms with Gasteiger partial charge in [-0.05, 0) is 12.3 Å². The summed E-state index contributed by atoms with van der Waals surface area (Å²) in [6, 6.07) is -0.522. The summed E-state index contributed by atoms with van der Waals surface area (Å²) >= 11 is 0. The van der Waals surface area contributed by atoms with E-state index in [4.69, 9.17) is 5.73 Å². The molecule has 0 aromatic carbocycles. The number of hydrogen-bond donors (Lipinski definition) is 4. The van der Waals surface area contributed by atoms with E-state index in [-0.39, 0.29) is 29.5 Å². The molecule has 2 heterocycles. The largest absolute Gasteiger partial charge is 0.396 e. The molecule has 2 aliphatic rings. The molecule has 2 aromatic rings. The number of nitrogen functional groups attached to an aromatic ring is 1. The third kappa shape index (κ3) is 1.45. The van der Waals surface area contributed by atoms with Gasteiger partial charge in [-0.1, -0.05) is 0 Å².